The van der Waals surface area contributed by atoms with E-state index < -0.39 is 11.6 Å². The predicted octanol–water partition coefficient (Wildman–Crippen LogP) is 4.99. The molecule has 0 amide bonds. The topological polar surface area (TPSA) is 47.0 Å². The molecule has 2 aromatic carbocycles. The van der Waals surface area contributed by atoms with Crippen LogP contribution in [0.4, 0.5) is 8.78 Å². The van der Waals surface area contributed by atoms with Gasteiger partial charge >= 0.3 is 0 Å². The summed E-state index contributed by atoms with van der Waals surface area (Å²) < 4.78 is 32.5. The third-order valence-electron chi connectivity index (χ3n) is 4.35. The molecule has 0 saturated heterocycles. The van der Waals surface area contributed by atoms with E-state index in [1.165, 1.54) is 6.07 Å². The van der Waals surface area contributed by atoms with Crippen molar-refractivity contribution < 1.29 is 13.5 Å². The minimum absolute atomic E-state index is 0.0668. The van der Waals surface area contributed by atoms with Crippen LogP contribution in [-0.4, -0.2) is 9.97 Å². The van der Waals surface area contributed by atoms with Crippen molar-refractivity contribution in [2.45, 2.75) is 13.1 Å². The minimum atomic E-state index is -0.770. The lowest BCUT2D eigenvalue weighted by Gasteiger charge is -2.12. The molecule has 0 bridgehead atoms. The Morgan fingerprint density at radius 2 is 1.75 bits per heavy atom. The Bertz CT molecular complexity index is 1110. The zero-order valence-corrected chi connectivity index (χ0v) is 14.9. The molecule has 28 heavy (non-hydrogen) atoms. The summed E-state index contributed by atoms with van der Waals surface area (Å²) in [5.74, 6) is -1.21. The molecule has 4 aromatic rings. The first-order valence-electron chi connectivity index (χ1n) is 8.80. The highest BCUT2D eigenvalue weighted by molar-refractivity contribution is 5.84. The first-order chi connectivity index (χ1) is 13.7. The quantitative estimate of drug-likeness (QED) is 0.514. The van der Waals surface area contributed by atoms with Crippen LogP contribution < -0.4 is 10.1 Å². The molecule has 2 heterocycles. The third-order valence-corrected chi connectivity index (χ3v) is 4.35. The number of nitrogens with one attached hydrogen (secondary N) is 1. The zero-order valence-electron chi connectivity index (χ0n) is 14.9. The van der Waals surface area contributed by atoms with Gasteiger partial charge in [0, 0.05) is 48.7 Å². The Hall–Kier alpha value is -3.38. The highest BCUT2D eigenvalue weighted by Crippen LogP contribution is 2.26. The maximum Gasteiger partial charge on any atom is 0.223 e. The van der Waals surface area contributed by atoms with Gasteiger partial charge in [-0.05, 0) is 35.2 Å². The zero-order chi connectivity index (χ0) is 19.3. The van der Waals surface area contributed by atoms with E-state index in [4.69, 9.17) is 4.74 Å². The maximum absolute atomic E-state index is 13.9. The van der Waals surface area contributed by atoms with Crippen molar-refractivity contribution in [3.63, 3.8) is 0 Å². The number of ether oxygens (including phenoxy) is 1. The molecule has 0 fully saturated rings. The van der Waals surface area contributed by atoms with Crippen LogP contribution in [-0.2, 0) is 13.1 Å². The smallest absolute Gasteiger partial charge is 0.223 e. The van der Waals surface area contributed by atoms with Crippen LogP contribution >= 0.6 is 0 Å². The Kier molecular flexibility index (Phi) is 5.21. The summed E-state index contributed by atoms with van der Waals surface area (Å²) >= 11 is 0. The Morgan fingerprint density at radius 1 is 0.893 bits per heavy atom. The number of aromatic nitrogens is 2. The van der Waals surface area contributed by atoms with Crippen LogP contribution in [0.15, 0.2) is 73.2 Å². The molecule has 0 aliphatic carbocycles. The molecular weight excluding hydrogens is 360 g/mol. The fourth-order valence-electron chi connectivity index (χ4n) is 2.99. The largest absolute Gasteiger partial charge is 0.436 e. The molecule has 0 radical (unpaired) electrons. The van der Waals surface area contributed by atoms with Gasteiger partial charge in [0.05, 0.1) is 0 Å². The van der Waals surface area contributed by atoms with Gasteiger partial charge in [0.15, 0.2) is 11.6 Å². The van der Waals surface area contributed by atoms with Crippen LogP contribution in [0.5, 0.6) is 11.6 Å². The standard InChI is InChI=1S/C22H17F2N3O/c23-18-6-7-21(20(24)11-18)28-22-17(5-2-9-27-22)14-26-13-16-4-1-3-15-12-25-10-8-19(15)16/h1-12,26H,13-14H2. The van der Waals surface area contributed by atoms with E-state index in [0.717, 1.165) is 34.0 Å². The van der Waals surface area contributed by atoms with Crippen molar-refractivity contribution in [3.05, 3.63) is 95.9 Å². The van der Waals surface area contributed by atoms with Gasteiger partial charge in [-0.1, -0.05) is 24.3 Å². The fourth-order valence-corrected chi connectivity index (χ4v) is 2.99. The van der Waals surface area contributed by atoms with Gasteiger partial charge in [0.25, 0.3) is 0 Å². The van der Waals surface area contributed by atoms with E-state index in [0.29, 0.717) is 13.1 Å². The summed E-state index contributed by atoms with van der Waals surface area (Å²) in [6.45, 7) is 1.12. The van der Waals surface area contributed by atoms with Crippen molar-refractivity contribution in [2.75, 3.05) is 0 Å². The molecular formula is C22H17F2N3O. The van der Waals surface area contributed by atoms with Gasteiger partial charge in [-0.2, -0.15) is 0 Å². The second kappa shape index (κ2) is 8.10. The molecule has 140 valence electrons. The van der Waals surface area contributed by atoms with Gasteiger partial charge in [0.2, 0.25) is 5.88 Å². The average molecular weight is 377 g/mol. The molecule has 1 N–H and O–H groups in total. The van der Waals surface area contributed by atoms with Crippen molar-refractivity contribution in [1.82, 2.24) is 15.3 Å². The molecule has 4 rings (SSSR count). The maximum atomic E-state index is 13.9. The van der Waals surface area contributed by atoms with Gasteiger partial charge in [-0.15, -0.1) is 0 Å². The molecule has 6 heteroatoms. The van der Waals surface area contributed by atoms with Crippen LogP contribution in [0.1, 0.15) is 11.1 Å². The van der Waals surface area contributed by atoms with Gasteiger partial charge in [-0.25, -0.2) is 13.8 Å². The first-order valence-corrected chi connectivity index (χ1v) is 8.80. The number of rotatable bonds is 6. The highest BCUT2D eigenvalue weighted by Gasteiger charge is 2.11. The number of pyridine rings is 2. The van der Waals surface area contributed by atoms with Crippen molar-refractivity contribution in [2.24, 2.45) is 0 Å². The number of halogens is 2. The van der Waals surface area contributed by atoms with Crippen LogP contribution in [0.25, 0.3) is 10.8 Å². The fraction of sp³-hybridized carbons (Fsp3) is 0.0909. The minimum Gasteiger partial charge on any atom is -0.436 e. The molecule has 0 aliphatic heterocycles. The third kappa shape index (κ3) is 3.97. The lowest BCUT2D eigenvalue weighted by molar-refractivity contribution is 0.417. The number of hydrogen-bond donors (Lipinski definition) is 1. The van der Waals surface area contributed by atoms with E-state index in [1.807, 2.05) is 30.5 Å². The summed E-state index contributed by atoms with van der Waals surface area (Å²) in [4.78, 5) is 8.33. The molecule has 0 atom stereocenters. The van der Waals surface area contributed by atoms with Crippen molar-refractivity contribution >= 4 is 10.8 Å². The van der Waals surface area contributed by atoms with E-state index >= 15 is 0 Å². The monoisotopic (exact) mass is 377 g/mol. The lowest BCUT2D eigenvalue weighted by atomic mass is 10.1. The molecule has 4 nitrogen and oxygen atoms in total. The predicted molar refractivity (Wildman–Crippen MR) is 103 cm³/mol. The summed E-state index contributed by atoms with van der Waals surface area (Å²) in [7, 11) is 0. The van der Waals surface area contributed by atoms with Crippen molar-refractivity contribution in [3.8, 4) is 11.6 Å². The van der Waals surface area contributed by atoms with E-state index in [-0.39, 0.29) is 11.6 Å². The number of benzene rings is 2. The second-order valence-electron chi connectivity index (χ2n) is 6.26. The van der Waals surface area contributed by atoms with Crippen LogP contribution in [0.2, 0.25) is 0 Å². The highest BCUT2D eigenvalue weighted by atomic mass is 19.1. The average Bonchev–Trinajstić information content (AvgIpc) is 2.71. The molecule has 0 saturated carbocycles. The SMILES string of the molecule is Fc1ccc(Oc2ncccc2CNCc2cccc3cnccc23)c(F)c1. The Balaban J connectivity index is 1.48. The normalized spacial score (nSPS) is 10.9. The number of nitrogens with zero attached hydrogens (tertiary/aromatic N) is 2. The van der Waals surface area contributed by atoms with Gasteiger partial charge in [-0.3, -0.25) is 4.98 Å². The Morgan fingerprint density at radius 3 is 2.64 bits per heavy atom. The summed E-state index contributed by atoms with van der Waals surface area (Å²) in [5.41, 5.74) is 1.92. The van der Waals surface area contributed by atoms with Gasteiger partial charge < -0.3 is 10.1 Å². The first kappa shape index (κ1) is 18.0. The second-order valence-corrected chi connectivity index (χ2v) is 6.26. The number of hydrogen-bond acceptors (Lipinski definition) is 4. The summed E-state index contributed by atoms with van der Waals surface area (Å²) in [5, 5.41) is 5.59. The molecule has 0 spiro atoms. The van der Waals surface area contributed by atoms with Crippen LogP contribution in [0, 0.1) is 11.6 Å². The number of fused-ring (bicyclic) bond motifs is 1. The molecule has 2 aromatic heterocycles. The lowest BCUT2D eigenvalue weighted by Crippen LogP contribution is -2.14. The van der Waals surface area contributed by atoms with Crippen LogP contribution in [0.3, 0.4) is 0 Å². The summed E-state index contributed by atoms with van der Waals surface area (Å²) in [6, 6.07) is 14.9. The van der Waals surface area contributed by atoms with Gasteiger partial charge in [0.1, 0.15) is 5.82 Å². The van der Waals surface area contributed by atoms with E-state index in [9.17, 15) is 8.78 Å². The molecule has 0 unspecified atom stereocenters. The van der Waals surface area contributed by atoms with E-state index in [2.05, 4.69) is 21.4 Å². The molecule has 0 aliphatic rings. The van der Waals surface area contributed by atoms with E-state index in [1.54, 1.807) is 18.5 Å². The summed E-state index contributed by atoms with van der Waals surface area (Å²) in [6.07, 6.45) is 5.18. The van der Waals surface area contributed by atoms with Crippen molar-refractivity contribution in [1.29, 1.82) is 0 Å². The Labute approximate surface area is 160 Å².